The zero-order valence-electron chi connectivity index (χ0n) is 19.3. The molecule has 5 rings (SSSR count). The van der Waals surface area contributed by atoms with E-state index in [1.54, 1.807) is 20.7 Å². The van der Waals surface area contributed by atoms with E-state index >= 15 is 0 Å². The van der Waals surface area contributed by atoms with E-state index in [-0.39, 0.29) is 11.5 Å². The lowest BCUT2D eigenvalue weighted by Gasteiger charge is -2.13. The molecule has 1 atom stereocenters. The predicted molar refractivity (Wildman–Crippen MR) is 135 cm³/mol. The molecule has 0 bridgehead atoms. The van der Waals surface area contributed by atoms with Gasteiger partial charge >= 0.3 is 0 Å². The monoisotopic (exact) mass is 494 g/mol. The number of amides is 1. The third-order valence-corrected chi connectivity index (χ3v) is 7.95. The summed E-state index contributed by atoms with van der Waals surface area (Å²) in [5.41, 5.74) is 1.48. The minimum Gasteiger partial charge on any atom is -0.319 e. The van der Waals surface area contributed by atoms with Gasteiger partial charge in [0.1, 0.15) is 11.5 Å². The van der Waals surface area contributed by atoms with E-state index in [4.69, 9.17) is 0 Å². The van der Waals surface area contributed by atoms with Gasteiger partial charge in [0.15, 0.2) is 5.16 Å². The van der Waals surface area contributed by atoms with Crippen molar-refractivity contribution in [3.8, 4) is 5.69 Å². The highest BCUT2D eigenvalue weighted by molar-refractivity contribution is 8.00. The minimum atomic E-state index is -0.444. The van der Waals surface area contributed by atoms with E-state index in [9.17, 15) is 9.59 Å². The number of nitrogens with zero attached hydrogens (tertiary/aromatic N) is 5. The standard InChI is InChI=1S/C24H26N6O2S2/c1-15-21(23(32)30(28(15)3)18-8-5-4-6-9-18)25-22(31)16(2)34-24-27-26-20(29(24)17-11-12-17)14-19-10-7-13-33-19/h4-10,13,16-17H,11-12,14H2,1-3H3,(H,25,31)/t16-/m1/s1. The molecule has 10 heteroatoms. The summed E-state index contributed by atoms with van der Waals surface area (Å²) in [7, 11) is 1.81. The first-order valence-corrected chi connectivity index (χ1v) is 13.0. The number of hydrogen-bond donors (Lipinski definition) is 1. The average molecular weight is 495 g/mol. The van der Waals surface area contributed by atoms with Gasteiger partial charge in [-0.2, -0.15) is 0 Å². The van der Waals surface area contributed by atoms with Crippen molar-refractivity contribution < 1.29 is 4.79 Å². The number of anilines is 1. The highest BCUT2D eigenvalue weighted by Crippen LogP contribution is 2.40. The molecule has 1 amide bonds. The Labute approximate surface area is 205 Å². The van der Waals surface area contributed by atoms with Crippen LogP contribution in [0.15, 0.2) is 57.8 Å². The third-order valence-electron chi connectivity index (χ3n) is 6.01. The second kappa shape index (κ2) is 9.27. The van der Waals surface area contributed by atoms with Crippen LogP contribution in [0.3, 0.4) is 0 Å². The number of carbonyl (C=O) groups excluding carboxylic acids is 1. The molecule has 176 valence electrons. The summed E-state index contributed by atoms with van der Waals surface area (Å²) < 4.78 is 5.50. The molecule has 34 heavy (non-hydrogen) atoms. The zero-order chi connectivity index (χ0) is 23.8. The number of thiophene rings is 1. The second-order valence-corrected chi connectivity index (χ2v) is 10.8. The van der Waals surface area contributed by atoms with E-state index in [0.717, 1.165) is 35.9 Å². The Hall–Kier alpha value is -3.11. The van der Waals surface area contributed by atoms with Gasteiger partial charge in [-0.25, -0.2) is 4.68 Å². The number of benzene rings is 1. The van der Waals surface area contributed by atoms with Gasteiger partial charge < -0.3 is 9.88 Å². The van der Waals surface area contributed by atoms with Crippen molar-refractivity contribution in [2.75, 3.05) is 5.32 Å². The van der Waals surface area contributed by atoms with E-state index < -0.39 is 5.25 Å². The quantitative estimate of drug-likeness (QED) is 0.371. The predicted octanol–water partition coefficient (Wildman–Crippen LogP) is 4.18. The molecule has 1 aromatic carbocycles. The maximum atomic E-state index is 13.1. The fourth-order valence-electron chi connectivity index (χ4n) is 3.93. The number of hydrogen-bond acceptors (Lipinski definition) is 6. The molecule has 0 saturated heterocycles. The van der Waals surface area contributed by atoms with Crippen molar-refractivity contribution in [2.45, 2.75) is 49.6 Å². The van der Waals surface area contributed by atoms with Crippen molar-refractivity contribution >= 4 is 34.7 Å². The van der Waals surface area contributed by atoms with Crippen LogP contribution >= 0.6 is 23.1 Å². The van der Waals surface area contributed by atoms with Gasteiger partial charge in [0.2, 0.25) is 5.91 Å². The molecule has 0 aliphatic heterocycles. The highest BCUT2D eigenvalue weighted by atomic mass is 32.2. The van der Waals surface area contributed by atoms with Gasteiger partial charge in [-0.3, -0.25) is 14.3 Å². The molecule has 3 aromatic heterocycles. The molecule has 1 N–H and O–H groups in total. The maximum Gasteiger partial charge on any atom is 0.295 e. The van der Waals surface area contributed by atoms with Crippen LogP contribution < -0.4 is 10.9 Å². The molecule has 0 radical (unpaired) electrons. The van der Waals surface area contributed by atoms with Crippen molar-refractivity contribution in [1.82, 2.24) is 24.1 Å². The van der Waals surface area contributed by atoms with Crippen LogP contribution in [-0.4, -0.2) is 35.3 Å². The van der Waals surface area contributed by atoms with E-state index in [1.165, 1.54) is 16.6 Å². The maximum absolute atomic E-state index is 13.1. The van der Waals surface area contributed by atoms with Crippen LogP contribution in [0.25, 0.3) is 5.69 Å². The molecular weight excluding hydrogens is 468 g/mol. The molecule has 0 spiro atoms. The van der Waals surface area contributed by atoms with Gasteiger partial charge in [0.05, 0.1) is 16.6 Å². The zero-order valence-corrected chi connectivity index (χ0v) is 20.9. The summed E-state index contributed by atoms with van der Waals surface area (Å²) in [5, 5.41) is 14.1. The minimum absolute atomic E-state index is 0.235. The summed E-state index contributed by atoms with van der Waals surface area (Å²) in [6, 6.07) is 13.9. The van der Waals surface area contributed by atoms with Gasteiger partial charge in [0.25, 0.3) is 5.56 Å². The normalized spacial score (nSPS) is 14.3. The average Bonchev–Trinajstić information content (AvgIpc) is 3.32. The summed E-state index contributed by atoms with van der Waals surface area (Å²) in [6.07, 6.45) is 2.95. The smallest absolute Gasteiger partial charge is 0.295 e. The summed E-state index contributed by atoms with van der Waals surface area (Å²) in [6.45, 7) is 3.66. The summed E-state index contributed by atoms with van der Waals surface area (Å²) in [4.78, 5) is 27.5. The molecule has 3 heterocycles. The largest absolute Gasteiger partial charge is 0.319 e. The van der Waals surface area contributed by atoms with Crippen LogP contribution in [0.5, 0.6) is 0 Å². The van der Waals surface area contributed by atoms with Gasteiger partial charge in [-0.1, -0.05) is 36.0 Å². The lowest BCUT2D eigenvalue weighted by Crippen LogP contribution is -2.27. The van der Waals surface area contributed by atoms with Crippen LogP contribution in [0, 0.1) is 6.92 Å². The number of nitrogens with one attached hydrogen (secondary N) is 1. The molecule has 0 unspecified atom stereocenters. The Kier molecular flexibility index (Phi) is 6.18. The molecule has 1 fully saturated rings. The lowest BCUT2D eigenvalue weighted by atomic mass is 10.3. The number of para-hydroxylation sites is 1. The Balaban J connectivity index is 1.34. The number of aromatic nitrogens is 5. The fraction of sp³-hybridized carbons (Fsp3) is 0.333. The Morgan fingerprint density at radius 2 is 1.97 bits per heavy atom. The lowest BCUT2D eigenvalue weighted by molar-refractivity contribution is -0.115. The molecule has 1 aliphatic rings. The van der Waals surface area contributed by atoms with Crippen LogP contribution in [0.2, 0.25) is 0 Å². The van der Waals surface area contributed by atoms with Crippen molar-refractivity contribution in [1.29, 1.82) is 0 Å². The molecule has 1 aliphatic carbocycles. The molecule has 1 saturated carbocycles. The van der Waals surface area contributed by atoms with Crippen LogP contribution in [-0.2, 0) is 18.3 Å². The first kappa shape index (κ1) is 22.7. The Morgan fingerprint density at radius 3 is 2.65 bits per heavy atom. The number of carbonyl (C=O) groups is 1. The number of thioether (sulfide) groups is 1. The van der Waals surface area contributed by atoms with Gasteiger partial charge in [-0.15, -0.1) is 21.5 Å². The van der Waals surface area contributed by atoms with Gasteiger partial charge in [-0.05, 0) is 50.3 Å². The fourth-order valence-corrected chi connectivity index (χ4v) is 5.57. The SMILES string of the molecule is Cc1c(NC(=O)[C@@H](C)Sc2nnc(Cc3cccs3)n2C2CC2)c(=O)n(-c2ccccc2)n1C. The third kappa shape index (κ3) is 4.35. The Bertz CT molecular complexity index is 1370. The molecular formula is C24H26N6O2S2. The number of rotatable bonds is 8. The Morgan fingerprint density at radius 1 is 1.21 bits per heavy atom. The van der Waals surface area contributed by atoms with E-state index in [1.807, 2.05) is 57.3 Å². The first-order chi connectivity index (χ1) is 16.4. The van der Waals surface area contributed by atoms with Crippen molar-refractivity contribution in [3.05, 3.63) is 74.6 Å². The summed E-state index contributed by atoms with van der Waals surface area (Å²) in [5.74, 6) is 0.700. The van der Waals surface area contributed by atoms with E-state index in [0.29, 0.717) is 17.4 Å². The molecule has 4 aromatic rings. The second-order valence-electron chi connectivity index (χ2n) is 8.44. The van der Waals surface area contributed by atoms with E-state index in [2.05, 4.69) is 31.5 Å². The van der Waals surface area contributed by atoms with Crippen LogP contribution in [0.1, 0.15) is 42.2 Å². The van der Waals surface area contributed by atoms with Crippen molar-refractivity contribution in [2.24, 2.45) is 7.05 Å². The molecule has 8 nitrogen and oxygen atoms in total. The topological polar surface area (TPSA) is 86.7 Å². The first-order valence-electron chi connectivity index (χ1n) is 11.2. The van der Waals surface area contributed by atoms with Crippen LogP contribution in [0.4, 0.5) is 5.69 Å². The van der Waals surface area contributed by atoms with Crippen molar-refractivity contribution in [3.63, 3.8) is 0 Å². The highest BCUT2D eigenvalue weighted by Gasteiger charge is 2.31. The summed E-state index contributed by atoms with van der Waals surface area (Å²) >= 11 is 3.09. The van der Waals surface area contributed by atoms with Gasteiger partial charge in [0, 0.05) is 24.4 Å².